The summed E-state index contributed by atoms with van der Waals surface area (Å²) in [6.07, 6.45) is 8.83. The number of nitrogens with zero attached hydrogens (tertiary/aromatic N) is 2. The van der Waals surface area contributed by atoms with Crippen molar-refractivity contribution in [1.29, 1.82) is 0 Å². The Labute approximate surface area is 451 Å². The highest BCUT2D eigenvalue weighted by Gasteiger charge is 2.28. The van der Waals surface area contributed by atoms with Gasteiger partial charge in [0, 0.05) is 49.7 Å². The normalized spacial score (nSPS) is 13.6. The van der Waals surface area contributed by atoms with E-state index in [1.165, 1.54) is 38.9 Å². The molecular formula is C69H79BrN4. The van der Waals surface area contributed by atoms with Crippen molar-refractivity contribution in [2.45, 2.75) is 162 Å². The number of halogens is 1. The van der Waals surface area contributed by atoms with E-state index in [4.69, 9.17) is 9.97 Å². The highest BCUT2D eigenvalue weighted by atomic mass is 79.9. The predicted octanol–water partition coefficient (Wildman–Crippen LogP) is 20.0. The molecule has 8 bridgehead atoms. The van der Waals surface area contributed by atoms with E-state index in [-0.39, 0.29) is 32.5 Å². The first-order valence-corrected chi connectivity index (χ1v) is 27.8. The summed E-state index contributed by atoms with van der Waals surface area (Å²) in [7, 11) is 0. The zero-order valence-electron chi connectivity index (χ0n) is 47.6. The Balaban J connectivity index is 1.53. The molecule has 0 fully saturated rings. The standard InChI is InChI=1S/C69H79BrN4/c1-64(2,3)46-31-43(32-47(37-46)65(4,5)6)61-54-25-23-52(71-54)60(42-21-19-41(40-70)20-22-42)53-24-26-55(72-53)62(44-33-48(66(7,8)9)38-49(34-44)67(10,11)12)57-28-30-59(74-57)63(58-29-27-56(61)73-58)45-35-50(68(13,14)15)39-51(36-45)69(16,17)18/h19-39,73-74H,40H2,1-18H3. The molecule has 0 saturated carbocycles. The second kappa shape index (κ2) is 18.7. The van der Waals surface area contributed by atoms with Crippen molar-refractivity contribution < 1.29 is 0 Å². The number of rotatable bonds is 5. The first kappa shape index (κ1) is 52.8. The van der Waals surface area contributed by atoms with Gasteiger partial charge < -0.3 is 9.97 Å². The lowest BCUT2D eigenvalue weighted by Gasteiger charge is -2.26. The molecule has 4 aromatic carbocycles. The van der Waals surface area contributed by atoms with E-state index < -0.39 is 0 Å². The minimum Gasteiger partial charge on any atom is -0.354 e. The number of aromatic amines is 2. The third-order valence-corrected chi connectivity index (χ3v) is 15.7. The summed E-state index contributed by atoms with van der Waals surface area (Å²) >= 11 is 3.70. The van der Waals surface area contributed by atoms with Crippen molar-refractivity contribution >= 4 is 62.3 Å². The van der Waals surface area contributed by atoms with E-state index in [1.54, 1.807) is 0 Å². The molecule has 0 saturated heterocycles. The van der Waals surface area contributed by atoms with Gasteiger partial charge in [-0.3, -0.25) is 0 Å². The fourth-order valence-electron chi connectivity index (χ4n) is 10.1. The average molecular weight is 1040 g/mol. The third kappa shape index (κ3) is 10.6. The van der Waals surface area contributed by atoms with Crippen molar-refractivity contribution in [3.8, 4) is 44.5 Å². The van der Waals surface area contributed by atoms with Crippen molar-refractivity contribution in [2.75, 3.05) is 0 Å². The second-order valence-electron chi connectivity index (χ2n) is 27.2. The minimum atomic E-state index is -0.0862. The Morgan fingerprint density at radius 2 is 0.568 bits per heavy atom. The topological polar surface area (TPSA) is 57.4 Å². The van der Waals surface area contributed by atoms with E-state index in [9.17, 15) is 0 Å². The minimum absolute atomic E-state index is 0.0850. The number of H-pyrrole nitrogens is 2. The number of aromatic nitrogens is 4. The third-order valence-electron chi connectivity index (χ3n) is 15.0. The van der Waals surface area contributed by atoms with Gasteiger partial charge >= 0.3 is 0 Å². The van der Waals surface area contributed by atoms with Crippen LogP contribution in [-0.2, 0) is 37.8 Å². The molecule has 3 aromatic heterocycles. The van der Waals surface area contributed by atoms with Crippen molar-refractivity contribution in [3.63, 3.8) is 0 Å². The smallest absolute Gasteiger partial charge is 0.0738 e. The maximum atomic E-state index is 5.71. The van der Waals surface area contributed by atoms with Gasteiger partial charge in [-0.05, 0) is 142 Å². The van der Waals surface area contributed by atoms with Crippen LogP contribution >= 0.6 is 15.9 Å². The van der Waals surface area contributed by atoms with Crippen LogP contribution in [0.15, 0.2) is 103 Å². The van der Waals surface area contributed by atoms with Crippen LogP contribution in [0.25, 0.3) is 90.9 Å². The molecule has 0 aliphatic carbocycles. The Morgan fingerprint density at radius 1 is 0.311 bits per heavy atom. The molecule has 4 nitrogen and oxygen atoms in total. The van der Waals surface area contributed by atoms with Gasteiger partial charge in [0.1, 0.15) is 0 Å². The molecule has 9 rings (SSSR count). The molecule has 382 valence electrons. The molecule has 7 aromatic rings. The predicted molar refractivity (Wildman–Crippen MR) is 325 cm³/mol. The van der Waals surface area contributed by atoms with Gasteiger partial charge in [-0.15, -0.1) is 0 Å². The summed E-state index contributed by atoms with van der Waals surface area (Å²) in [6.45, 7) is 41.7. The van der Waals surface area contributed by atoms with Gasteiger partial charge in [-0.2, -0.15) is 0 Å². The molecule has 0 unspecified atom stereocenters. The van der Waals surface area contributed by atoms with Crippen LogP contribution in [-0.4, -0.2) is 19.9 Å². The molecule has 5 heteroatoms. The van der Waals surface area contributed by atoms with Gasteiger partial charge in [-0.25, -0.2) is 9.97 Å². The molecular weight excluding hydrogens is 965 g/mol. The lowest BCUT2D eigenvalue weighted by atomic mass is 9.78. The highest BCUT2D eigenvalue weighted by Crippen LogP contribution is 2.44. The van der Waals surface area contributed by atoms with E-state index in [0.29, 0.717) is 0 Å². The summed E-state index contributed by atoms with van der Waals surface area (Å²) in [5.74, 6) is 0. The SMILES string of the molecule is CC(C)(C)c1cc(-c2c3nc(c(-c4ccc(CBr)cc4)c4nc(c(-c5cc(C(C)(C)C)cc(C(C)(C)C)c5)c5ccc([nH]5)c(-c5cc(C(C)(C)C)cc(C(C)(C)C)c5)c5ccc2[nH]5)C=C4)C=C3)cc(C(C)(C)C)c1. The van der Waals surface area contributed by atoms with Crippen LogP contribution in [0.1, 0.15) is 186 Å². The van der Waals surface area contributed by atoms with Crippen LogP contribution in [0.2, 0.25) is 0 Å². The molecule has 0 spiro atoms. The molecule has 2 N–H and O–H groups in total. The quantitative estimate of drug-likeness (QED) is 0.169. The Kier molecular flexibility index (Phi) is 13.3. The first-order valence-electron chi connectivity index (χ1n) is 26.7. The van der Waals surface area contributed by atoms with Gasteiger partial charge in [-0.1, -0.05) is 219 Å². The fourth-order valence-corrected chi connectivity index (χ4v) is 10.5. The molecule has 0 amide bonds. The zero-order valence-corrected chi connectivity index (χ0v) is 49.2. The van der Waals surface area contributed by atoms with E-state index in [1.807, 2.05) is 0 Å². The monoisotopic (exact) mass is 1040 g/mol. The molecule has 0 atom stereocenters. The number of fused-ring (bicyclic) bond motifs is 8. The number of benzene rings is 4. The van der Waals surface area contributed by atoms with E-state index in [0.717, 1.165) is 94.7 Å². The lowest BCUT2D eigenvalue weighted by Crippen LogP contribution is -2.16. The first-order chi connectivity index (χ1) is 34.4. The maximum Gasteiger partial charge on any atom is 0.0738 e. The van der Waals surface area contributed by atoms with Crippen molar-refractivity contribution in [3.05, 3.63) is 165 Å². The van der Waals surface area contributed by atoms with Crippen LogP contribution < -0.4 is 0 Å². The number of hydrogen-bond donors (Lipinski definition) is 2. The Bertz CT molecular complexity index is 3290. The van der Waals surface area contributed by atoms with Gasteiger partial charge in [0.15, 0.2) is 0 Å². The van der Waals surface area contributed by atoms with Crippen molar-refractivity contribution in [2.24, 2.45) is 0 Å². The number of alkyl halides is 1. The number of nitrogens with one attached hydrogen (secondary N) is 2. The van der Waals surface area contributed by atoms with Crippen LogP contribution in [0.5, 0.6) is 0 Å². The summed E-state index contributed by atoms with van der Waals surface area (Å²) in [5.41, 5.74) is 24.8. The molecule has 5 heterocycles. The molecule has 74 heavy (non-hydrogen) atoms. The zero-order chi connectivity index (χ0) is 53.7. The largest absolute Gasteiger partial charge is 0.354 e. The van der Waals surface area contributed by atoms with Crippen LogP contribution in [0.3, 0.4) is 0 Å². The van der Waals surface area contributed by atoms with Gasteiger partial charge in [0.2, 0.25) is 0 Å². The van der Waals surface area contributed by atoms with Crippen LogP contribution in [0, 0.1) is 0 Å². The van der Waals surface area contributed by atoms with E-state index >= 15 is 0 Å². The maximum absolute atomic E-state index is 5.71. The second-order valence-corrected chi connectivity index (χ2v) is 27.8. The lowest BCUT2D eigenvalue weighted by molar-refractivity contribution is 0.568. The molecule has 2 aliphatic rings. The summed E-state index contributed by atoms with van der Waals surface area (Å²) in [6, 6.07) is 39.6. The Hall–Kier alpha value is -6.04. The fraction of sp³-hybridized carbons (Fsp3) is 0.362. The molecule has 2 aliphatic heterocycles. The summed E-state index contributed by atoms with van der Waals surface area (Å²) in [4.78, 5) is 19.6. The Morgan fingerprint density at radius 3 is 0.838 bits per heavy atom. The van der Waals surface area contributed by atoms with Crippen LogP contribution in [0.4, 0.5) is 0 Å². The summed E-state index contributed by atoms with van der Waals surface area (Å²) < 4.78 is 0. The van der Waals surface area contributed by atoms with E-state index in [2.05, 4.69) is 278 Å². The van der Waals surface area contributed by atoms with Crippen molar-refractivity contribution in [1.82, 2.24) is 19.9 Å². The highest BCUT2D eigenvalue weighted by molar-refractivity contribution is 9.08. The average Bonchev–Trinajstić information content (AvgIpc) is 4.16. The van der Waals surface area contributed by atoms with Gasteiger partial charge in [0.05, 0.1) is 22.8 Å². The molecule has 0 radical (unpaired) electrons. The van der Waals surface area contributed by atoms with Gasteiger partial charge in [0.25, 0.3) is 0 Å². The number of hydrogen-bond acceptors (Lipinski definition) is 2. The summed E-state index contributed by atoms with van der Waals surface area (Å²) in [5, 5.41) is 0.778.